The lowest BCUT2D eigenvalue weighted by atomic mass is 9.93. The molecule has 5 heteroatoms. The lowest BCUT2D eigenvalue weighted by molar-refractivity contribution is -0.156. The number of carboxylic acids is 1. The first-order valence-electron chi connectivity index (χ1n) is 5.56. The van der Waals surface area contributed by atoms with E-state index in [0.717, 1.165) is 12.8 Å². The fourth-order valence-electron chi connectivity index (χ4n) is 1.82. The van der Waals surface area contributed by atoms with Crippen molar-refractivity contribution in [2.45, 2.75) is 50.9 Å². The standard InChI is InChI=1S/C11H21NO4/c1-10(2)6-8(4-5-16-10)12-7-11(3,15)9(13)14/h8,12,15H,4-7H2,1-3H3,(H,13,14). The van der Waals surface area contributed by atoms with Gasteiger partial charge in [0.25, 0.3) is 0 Å². The van der Waals surface area contributed by atoms with Gasteiger partial charge in [0, 0.05) is 19.2 Å². The van der Waals surface area contributed by atoms with E-state index in [2.05, 4.69) is 5.32 Å². The molecule has 1 fully saturated rings. The monoisotopic (exact) mass is 231 g/mol. The van der Waals surface area contributed by atoms with Gasteiger partial charge in [0.1, 0.15) is 0 Å². The molecular weight excluding hydrogens is 210 g/mol. The van der Waals surface area contributed by atoms with Crippen LogP contribution in [0, 0.1) is 0 Å². The Morgan fingerprint density at radius 3 is 2.75 bits per heavy atom. The van der Waals surface area contributed by atoms with E-state index in [-0.39, 0.29) is 18.2 Å². The topological polar surface area (TPSA) is 78.8 Å². The van der Waals surface area contributed by atoms with Crippen molar-refractivity contribution in [3.05, 3.63) is 0 Å². The second-order valence-corrected chi connectivity index (χ2v) is 5.26. The summed E-state index contributed by atoms with van der Waals surface area (Å²) in [5.74, 6) is -1.20. The van der Waals surface area contributed by atoms with Gasteiger partial charge in [-0.1, -0.05) is 0 Å². The van der Waals surface area contributed by atoms with Crippen LogP contribution in [0.15, 0.2) is 0 Å². The molecule has 0 aromatic heterocycles. The van der Waals surface area contributed by atoms with Crippen molar-refractivity contribution in [1.82, 2.24) is 5.32 Å². The number of aliphatic carboxylic acids is 1. The molecule has 0 spiro atoms. The Morgan fingerprint density at radius 2 is 2.25 bits per heavy atom. The third kappa shape index (κ3) is 3.73. The Balaban J connectivity index is 2.41. The van der Waals surface area contributed by atoms with Crippen LogP contribution in [0.2, 0.25) is 0 Å². The molecule has 1 aliphatic heterocycles. The van der Waals surface area contributed by atoms with Crippen molar-refractivity contribution < 1.29 is 19.7 Å². The van der Waals surface area contributed by atoms with Crippen LogP contribution in [0.5, 0.6) is 0 Å². The second-order valence-electron chi connectivity index (χ2n) is 5.26. The second kappa shape index (κ2) is 4.69. The summed E-state index contributed by atoms with van der Waals surface area (Å²) in [7, 11) is 0. The number of hydrogen-bond donors (Lipinski definition) is 3. The summed E-state index contributed by atoms with van der Waals surface area (Å²) in [6, 6.07) is 0.203. The molecule has 3 N–H and O–H groups in total. The molecular formula is C11H21NO4. The SMILES string of the molecule is CC1(C)CC(NCC(C)(O)C(=O)O)CCO1. The quantitative estimate of drug-likeness (QED) is 0.651. The summed E-state index contributed by atoms with van der Waals surface area (Å²) in [5, 5.41) is 21.4. The number of carboxylic acid groups (broad SMARTS) is 1. The van der Waals surface area contributed by atoms with Crippen LogP contribution in [0.3, 0.4) is 0 Å². The largest absolute Gasteiger partial charge is 0.479 e. The Kier molecular flexibility index (Phi) is 3.93. The van der Waals surface area contributed by atoms with E-state index in [9.17, 15) is 9.90 Å². The Hall–Kier alpha value is -0.650. The fraction of sp³-hybridized carbons (Fsp3) is 0.909. The zero-order valence-corrected chi connectivity index (χ0v) is 10.1. The van der Waals surface area contributed by atoms with Crippen molar-refractivity contribution >= 4 is 5.97 Å². The molecule has 2 atom stereocenters. The van der Waals surface area contributed by atoms with E-state index in [1.54, 1.807) is 0 Å². The average molecular weight is 231 g/mol. The first-order valence-corrected chi connectivity index (χ1v) is 5.56. The number of rotatable bonds is 4. The van der Waals surface area contributed by atoms with Crippen molar-refractivity contribution in [2.75, 3.05) is 13.2 Å². The van der Waals surface area contributed by atoms with Crippen molar-refractivity contribution in [1.29, 1.82) is 0 Å². The Morgan fingerprint density at radius 1 is 1.62 bits per heavy atom. The first-order chi connectivity index (χ1) is 7.23. The van der Waals surface area contributed by atoms with Gasteiger partial charge in [-0.05, 0) is 33.6 Å². The molecule has 0 saturated carbocycles. The van der Waals surface area contributed by atoms with Crippen LogP contribution in [-0.4, -0.2) is 46.6 Å². The van der Waals surface area contributed by atoms with Crippen molar-refractivity contribution in [2.24, 2.45) is 0 Å². The molecule has 1 saturated heterocycles. The fourth-order valence-corrected chi connectivity index (χ4v) is 1.82. The number of aliphatic hydroxyl groups is 1. The molecule has 0 aromatic rings. The highest BCUT2D eigenvalue weighted by molar-refractivity contribution is 5.76. The van der Waals surface area contributed by atoms with Gasteiger partial charge in [-0.3, -0.25) is 0 Å². The highest BCUT2D eigenvalue weighted by Crippen LogP contribution is 2.24. The molecule has 0 aromatic carbocycles. The minimum Gasteiger partial charge on any atom is -0.479 e. The molecule has 2 unspecified atom stereocenters. The van der Waals surface area contributed by atoms with Gasteiger partial charge < -0.3 is 20.3 Å². The van der Waals surface area contributed by atoms with Gasteiger partial charge in [0.05, 0.1) is 5.60 Å². The average Bonchev–Trinajstić information content (AvgIpc) is 2.13. The summed E-state index contributed by atoms with van der Waals surface area (Å²) in [5.41, 5.74) is -1.88. The van der Waals surface area contributed by atoms with Gasteiger partial charge in [-0.2, -0.15) is 0 Å². The molecule has 5 nitrogen and oxygen atoms in total. The van der Waals surface area contributed by atoms with E-state index in [0.29, 0.717) is 6.61 Å². The number of carbonyl (C=O) groups is 1. The van der Waals surface area contributed by atoms with Crippen LogP contribution >= 0.6 is 0 Å². The van der Waals surface area contributed by atoms with Crippen LogP contribution in [-0.2, 0) is 9.53 Å². The number of ether oxygens (including phenoxy) is 1. The van der Waals surface area contributed by atoms with Crippen molar-refractivity contribution in [3.63, 3.8) is 0 Å². The summed E-state index contributed by atoms with van der Waals surface area (Å²) in [4.78, 5) is 10.7. The zero-order valence-electron chi connectivity index (χ0n) is 10.1. The molecule has 0 amide bonds. The molecule has 0 radical (unpaired) electrons. The Labute approximate surface area is 95.8 Å². The van der Waals surface area contributed by atoms with E-state index >= 15 is 0 Å². The van der Waals surface area contributed by atoms with Gasteiger partial charge >= 0.3 is 5.97 Å². The Bertz CT molecular complexity index is 263. The van der Waals surface area contributed by atoms with Crippen LogP contribution < -0.4 is 5.32 Å². The predicted octanol–water partition coefficient (Wildman–Crippen LogP) is 0.369. The maximum Gasteiger partial charge on any atom is 0.336 e. The first kappa shape index (κ1) is 13.4. The predicted molar refractivity (Wildman–Crippen MR) is 59.3 cm³/mol. The minimum absolute atomic E-state index is 0.0586. The zero-order chi connectivity index (χ0) is 12.4. The van der Waals surface area contributed by atoms with E-state index in [1.807, 2.05) is 13.8 Å². The normalized spacial score (nSPS) is 28.4. The maximum absolute atomic E-state index is 10.7. The lowest BCUT2D eigenvalue weighted by Crippen LogP contribution is -2.51. The van der Waals surface area contributed by atoms with Gasteiger partial charge in [-0.25, -0.2) is 4.79 Å². The van der Waals surface area contributed by atoms with Crippen LogP contribution in [0.25, 0.3) is 0 Å². The molecule has 1 heterocycles. The highest BCUT2D eigenvalue weighted by atomic mass is 16.5. The summed E-state index contributed by atoms with van der Waals surface area (Å²) < 4.78 is 5.56. The molecule has 0 bridgehead atoms. The molecule has 0 aliphatic carbocycles. The van der Waals surface area contributed by atoms with E-state index in [4.69, 9.17) is 9.84 Å². The maximum atomic E-state index is 10.7. The third-order valence-corrected chi connectivity index (χ3v) is 2.89. The molecule has 1 aliphatic rings. The molecule has 94 valence electrons. The lowest BCUT2D eigenvalue weighted by Gasteiger charge is -2.36. The number of hydrogen-bond acceptors (Lipinski definition) is 4. The van der Waals surface area contributed by atoms with Crippen molar-refractivity contribution in [3.8, 4) is 0 Å². The summed E-state index contributed by atoms with van der Waals surface area (Å²) in [6.07, 6.45) is 1.67. The molecule has 16 heavy (non-hydrogen) atoms. The van der Waals surface area contributed by atoms with Gasteiger partial charge in [-0.15, -0.1) is 0 Å². The van der Waals surface area contributed by atoms with Gasteiger partial charge in [0.15, 0.2) is 5.60 Å². The summed E-state index contributed by atoms with van der Waals surface area (Å²) in [6.45, 7) is 6.04. The minimum atomic E-state index is -1.71. The van der Waals surface area contributed by atoms with E-state index in [1.165, 1.54) is 6.92 Å². The molecule has 1 rings (SSSR count). The van der Waals surface area contributed by atoms with E-state index < -0.39 is 11.6 Å². The summed E-state index contributed by atoms with van der Waals surface area (Å²) >= 11 is 0. The smallest absolute Gasteiger partial charge is 0.336 e. The van der Waals surface area contributed by atoms with Crippen LogP contribution in [0.4, 0.5) is 0 Å². The highest BCUT2D eigenvalue weighted by Gasteiger charge is 2.33. The number of nitrogens with one attached hydrogen (secondary N) is 1. The van der Waals surface area contributed by atoms with Gasteiger partial charge in [0.2, 0.25) is 0 Å². The van der Waals surface area contributed by atoms with Crippen LogP contribution in [0.1, 0.15) is 33.6 Å². The third-order valence-electron chi connectivity index (χ3n) is 2.89.